The summed E-state index contributed by atoms with van der Waals surface area (Å²) in [6, 6.07) is 0. The zero-order chi connectivity index (χ0) is 7.14. The highest BCUT2D eigenvalue weighted by Gasteiger charge is 2.43. The third-order valence-electron chi connectivity index (χ3n) is 2.37. The van der Waals surface area contributed by atoms with Crippen LogP contribution in [0, 0.1) is 5.92 Å². The molecule has 1 aliphatic carbocycles. The lowest BCUT2D eigenvalue weighted by atomic mass is 10.1. The van der Waals surface area contributed by atoms with Gasteiger partial charge in [0, 0.05) is 5.92 Å². The van der Waals surface area contributed by atoms with Crippen LogP contribution in [0.3, 0.4) is 0 Å². The largest absolute Gasteiger partial charge is 0.459 e. The summed E-state index contributed by atoms with van der Waals surface area (Å²) in [5.74, 6) is 0.163. The number of carbonyl (C=O) groups excluding carboxylic acids is 1. The lowest BCUT2D eigenvalue weighted by Gasteiger charge is -2.10. The van der Waals surface area contributed by atoms with Gasteiger partial charge in [0.15, 0.2) is 0 Å². The van der Waals surface area contributed by atoms with Crippen LogP contribution in [0.2, 0.25) is 0 Å². The molecule has 10 heavy (non-hydrogen) atoms. The molecular formula is C7H10O3. The number of hydrogen-bond donors (Lipinski definition) is 1. The highest BCUT2D eigenvalue weighted by Crippen LogP contribution is 2.36. The molecule has 56 valence electrons. The zero-order valence-electron chi connectivity index (χ0n) is 5.62. The van der Waals surface area contributed by atoms with Gasteiger partial charge in [-0.05, 0) is 12.8 Å². The molecule has 2 fully saturated rings. The topological polar surface area (TPSA) is 46.5 Å². The van der Waals surface area contributed by atoms with E-state index in [9.17, 15) is 9.90 Å². The van der Waals surface area contributed by atoms with Gasteiger partial charge in [0.05, 0.1) is 12.5 Å². The van der Waals surface area contributed by atoms with Crippen LogP contribution in [0.15, 0.2) is 0 Å². The van der Waals surface area contributed by atoms with Gasteiger partial charge in [0.2, 0.25) is 0 Å². The number of hydrogen-bond acceptors (Lipinski definition) is 3. The first-order valence-corrected chi connectivity index (χ1v) is 3.65. The molecule has 1 aliphatic heterocycles. The Morgan fingerprint density at radius 2 is 2.30 bits per heavy atom. The van der Waals surface area contributed by atoms with Gasteiger partial charge < -0.3 is 9.84 Å². The van der Waals surface area contributed by atoms with E-state index in [2.05, 4.69) is 0 Å². The summed E-state index contributed by atoms with van der Waals surface area (Å²) in [7, 11) is 0. The van der Waals surface area contributed by atoms with Crippen LogP contribution in [0.1, 0.15) is 19.3 Å². The monoisotopic (exact) mass is 142 g/mol. The van der Waals surface area contributed by atoms with E-state index >= 15 is 0 Å². The van der Waals surface area contributed by atoms with E-state index in [1.165, 1.54) is 0 Å². The van der Waals surface area contributed by atoms with Crippen molar-refractivity contribution in [3.63, 3.8) is 0 Å². The van der Waals surface area contributed by atoms with Gasteiger partial charge >= 0.3 is 5.97 Å². The molecule has 0 spiro atoms. The second-order valence-electron chi connectivity index (χ2n) is 3.06. The van der Waals surface area contributed by atoms with E-state index in [0.29, 0.717) is 12.3 Å². The maximum absolute atomic E-state index is 10.7. The summed E-state index contributed by atoms with van der Waals surface area (Å²) < 4.78 is 4.91. The number of aliphatic hydroxyl groups is 1. The summed E-state index contributed by atoms with van der Waals surface area (Å²) in [6.07, 6.45) is 1.69. The van der Waals surface area contributed by atoms with E-state index in [4.69, 9.17) is 4.74 Å². The zero-order valence-corrected chi connectivity index (χ0v) is 5.62. The predicted octanol–water partition coefficient (Wildman–Crippen LogP) is 0.0728. The van der Waals surface area contributed by atoms with Crippen LogP contribution >= 0.6 is 0 Å². The third-order valence-corrected chi connectivity index (χ3v) is 2.37. The molecule has 0 aromatic carbocycles. The smallest absolute Gasteiger partial charge is 0.306 e. The van der Waals surface area contributed by atoms with Gasteiger partial charge in [-0.25, -0.2) is 0 Å². The molecule has 1 heterocycles. The number of ether oxygens (including phenoxy) is 1. The van der Waals surface area contributed by atoms with E-state index in [1.807, 2.05) is 0 Å². The van der Waals surface area contributed by atoms with Crippen molar-refractivity contribution in [1.29, 1.82) is 0 Å². The van der Waals surface area contributed by atoms with Crippen LogP contribution in [-0.4, -0.2) is 23.3 Å². The van der Waals surface area contributed by atoms with E-state index in [1.54, 1.807) is 0 Å². The second-order valence-corrected chi connectivity index (χ2v) is 3.06. The van der Waals surface area contributed by atoms with Crippen molar-refractivity contribution in [2.24, 2.45) is 5.92 Å². The fourth-order valence-corrected chi connectivity index (χ4v) is 1.83. The Balaban J connectivity index is 2.12. The van der Waals surface area contributed by atoms with Gasteiger partial charge in [-0.15, -0.1) is 0 Å². The fraction of sp³-hybridized carbons (Fsp3) is 0.857. The van der Waals surface area contributed by atoms with Crippen LogP contribution in [0.4, 0.5) is 0 Å². The van der Waals surface area contributed by atoms with Crippen molar-refractivity contribution in [3.8, 4) is 0 Å². The average Bonchev–Trinajstić information content (AvgIpc) is 2.35. The van der Waals surface area contributed by atoms with Gasteiger partial charge in [-0.1, -0.05) is 0 Å². The Bertz CT molecular complexity index is 166. The average molecular weight is 142 g/mol. The Kier molecular flexibility index (Phi) is 1.20. The van der Waals surface area contributed by atoms with Gasteiger partial charge in [0.25, 0.3) is 0 Å². The first-order chi connectivity index (χ1) is 4.77. The number of esters is 1. The summed E-state index contributed by atoms with van der Waals surface area (Å²) in [6.45, 7) is 0. The summed E-state index contributed by atoms with van der Waals surface area (Å²) in [5.41, 5.74) is 0. The van der Waals surface area contributed by atoms with Crippen molar-refractivity contribution >= 4 is 5.97 Å². The highest BCUT2D eigenvalue weighted by atomic mass is 16.6. The first kappa shape index (κ1) is 6.16. The molecule has 1 N–H and O–H groups in total. The Morgan fingerprint density at radius 3 is 3.00 bits per heavy atom. The predicted molar refractivity (Wildman–Crippen MR) is 33.2 cm³/mol. The molecule has 3 nitrogen and oxygen atoms in total. The lowest BCUT2D eigenvalue weighted by Crippen LogP contribution is -2.23. The highest BCUT2D eigenvalue weighted by molar-refractivity contribution is 5.72. The number of carbonyl (C=O) groups is 1. The fourth-order valence-electron chi connectivity index (χ4n) is 1.83. The number of rotatable bonds is 0. The SMILES string of the molecule is O=C1C[C@H]2CC[C@H](O)[C@H]2O1. The molecule has 0 aromatic heterocycles. The van der Waals surface area contributed by atoms with Crippen molar-refractivity contribution < 1.29 is 14.6 Å². The molecule has 3 atom stereocenters. The standard InChI is InChI=1S/C7H10O3/c8-5-2-1-4-3-6(9)10-7(4)5/h4-5,7-8H,1-3H2/t4-,5+,7+/m1/s1. The third kappa shape index (κ3) is 0.736. The normalized spacial score (nSPS) is 45.3. The molecule has 0 bridgehead atoms. The summed E-state index contributed by atoms with van der Waals surface area (Å²) in [4.78, 5) is 10.7. The van der Waals surface area contributed by atoms with Crippen LogP contribution in [0.25, 0.3) is 0 Å². The molecule has 0 amide bonds. The molecule has 0 unspecified atom stereocenters. The number of fused-ring (bicyclic) bond motifs is 1. The van der Waals surface area contributed by atoms with Crippen molar-refractivity contribution in [3.05, 3.63) is 0 Å². The minimum atomic E-state index is -0.392. The van der Waals surface area contributed by atoms with Crippen molar-refractivity contribution in [2.45, 2.75) is 31.5 Å². The Morgan fingerprint density at radius 1 is 1.50 bits per heavy atom. The van der Waals surface area contributed by atoms with Crippen LogP contribution in [0.5, 0.6) is 0 Å². The van der Waals surface area contributed by atoms with Crippen LogP contribution < -0.4 is 0 Å². The maximum atomic E-state index is 10.7. The molecule has 3 heteroatoms. The van der Waals surface area contributed by atoms with Crippen LogP contribution in [-0.2, 0) is 9.53 Å². The maximum Gasteiger partial charge on any atom is 0.306 e. The van der Waals surface area contributed by atoms with E-state index in [0.717, 1.165) is 12.8 Å². The molecule has 2 rings (SSSR count). The molecule has 1 saturated heterocycles. The van der Waals surface area contributed by atoms with Crippen molar-refractivity contribution in [2.75, 3.05) is 0 Å². The molecule has 0 aromatic rings. The molecular weight excluding hydrogens is 132 g/mol. The molecule has 2 aliphatic rings. The first-order valence-electron chi connectivity index (χ1n) is 3.65. The van der Waals surface area contributed by atoms with Gasteiger partial charge in [-0.2, -0.15) is 0 Å². The quantitative estimate of drug-likeness (QED) is 0.487. The van der Waals surface area contributed by atoms with Crippen molar-refractivity contribution in [1.82, 2.24) is 0 Å². The lowest BCUT2D eigenvalue weighted by molar-refractivity contribution is -0.144. The minimum Gasteiger partial charge on any atom is -0.459 e. The molecule has 0 radical (unpaired) electrons. The van der Waals surface area contributed by atoms with E-state index < -0.39 is 6.10 Å². The van der Waals surface area contributed by atoms with Gasteiger partial charge in [-0.3, -0.25) is 4.79 Å². The summed E-state index contributed by atoms with van der Waals surface area (Å²) >= 11 is 0. The van der Waals surface area contributed by atoms with E-state index in [-0.39, 0.29) is 12.1 Å². The minimum absolute atomic E-state index is 0.145. The second kappa shape index (κ2) is 1.95. The van der Waals surface area contributed by atoms with Gasteiger partial charge in [0.1, 0.15) is 6.10 Å². The Labute approximate surface area is 59.0 Å². The Hall–Kier alpha value is -0.570. The summed E-state index contributed by atoms with van der Waals surface area (Å²) in [5, 5.41) is 9.24. The molecule has 1 saturated carbocycles. The number of aliphatic hydroxyl groups excluding tert-OH is 1.